The second-order valence-corrected chi connectivity index (χ2v) is 5.02. The van der Waals surface area contributed by atoms with Crippen molar-refractivity contribution in [2.45, 2.75) is 12.8 Å². The number of nitrogens with zero attached hydrogens (tertiary/aromatic N) is 1. The number of halogens is 1. The van der Waals surface area contributed by atoms with Crippen LogP contribution in [0.5, 0.6) is 0 Å². The largest absolute Gasteiger partial charge is 0.397 e. The van der Waals surface area contributed by atoms with Gasteiger partial charge in [-0.25, -0.2) is 0 Å². The third kappa shape index (κ3) is 3.51. The van der Waals surface area contributed by atoms with Crippen molar-refractivity contribution in [2.24, 2.45) is 5.92 Å². The summed E-state index contributed by atoms with van der Waals surface area (Å²) in [5, 5.41) is 0.690. The zero-order chi connectivity index (χ0) is 12.3. The van der Waals surface area contributed by atoms with E-state index in [9.17, 15) is 0 Å². The van der Waals surface area contributed by atoms with Crippen LogP contribution in [0.3, 0.4) is 0 Å². The maximum absolute atomic E-state index is 6.14. The highest BCUT2D eigenvalue weighted by molar-refractivity contribution is 6.33. The van der Waals surface area contributed by atoms with Crippen molar-refractivity contribution in [2.75, 3.05) is 37.4 Å². The number of likely N-dealkylation sites (N-methyl/N-ethyl adjacent to an activating group) is 1. The van der Waals surface area contributed by atoms with Crippen molar-refractivity contribution < 1.29 is 4.74 Å². The summed E-state index contributed by atoms with van der Waals surface area (Å²) in [7, 11) is 1.98. The maximum atomic E-state index is 6.14. The Kier molecular flexibility index (Phi) is 4.13. The lowest BCUT2D eigenvalue weighted by molar-refractivity contribution is 0.131. The molecule has 1 aliphatic rings. The molecule has 4 heteroatoms. The Bertz CT molecular complexity index is 359. The molecule has 1 aromatic carbocycles. The monoisotopic (exact) mass is 254 g/mol. The van der Waals surface area contributed by atoms with Gasteiger partial charge < -0.3 is 15.4 Å². The highest BCUT2D eigenvalue weighted by Gasteiger charge is 2.21. The van der Waals surface area contributed by atoms with Gasteiger partial charge in [0.1, 0.15) is 0 Å². The smallest absolute Gasteiger partial charge is 0.0787 e. The van der Waals surface area contributed by atoms with E-state index in [4.69, 9.17) is 22.1 Å². The Morgan fingerprint density at radius 1 is 1.47 bits per heavy atom. The molecule has 3 nitrogen and oxygen atoms in total. The van der Waals surface area contributed by atoms with E-state index in [1.807, 2.05) is 30.1 Å². The van der Waals surface area contributed by atoms with Crippen LogP contribution in [-0.2, 0) is 4.74 Å². The molecular formula is C13H19ClN2O. The number of benzene rings is 1. The SMILES string of the molecule is CN(CCOCC1CC1)c1c(N)cccc1Cl. The van der Waals surface area contributed by atoms with E-state index in [0.29, 0.717) is 10.7 Å². The first kappa shape index (κ1) is 12.5. The molecule has 0 amide bonds. The van der Waals surface area contributed by atoms with Gasteiger partial charge in [0.2, 0.25) is 0 Å². The van der Waals surface area contributed by atoms with Gasteiger partial charge in [-0.05, 0) is 30.9 Å². The zero-order valence-electron chi connectivity index (χ0n) is 10.2. The molecule has 1 saturated carbocycles. The van der Waals surface area contributed by atoms with Crippen LogP contribution in [0.4, 0.5) is 11.4 Å². The second kappa shape index (κ2) is 5.61. The summed E-state index contributed by atoms with van der Waals surface area (Å²) >= 11 is 6.14. The van der Waals surface area contributed by atoms with Gasteiger partial charge in [0.05, 0.1) is 23.0 Å². The quantitative estimate of drug-likeness (QED) is 0.627. The van der Waals surface area contributed by atoms with Gasteiger partial charge in [0.25, 0.3) is 0 Å². The fourth-order valence-electron chi connectivity index (χ4n) is 1.78. The molecule has 1 aromatic rings. The van der Waals surface area contributed by atoms with E-state index < -0.39 is 0 Å². The van der Waals surface area contributed by atoms with Crippen molar-refractivity contribution in [1.82, 2.24) is 0 Å². The van der Waals surface area contributed by atoms with Gasteiger partial charge in [-0.3, -0.25) is 0 Å². The molecular weight excluding hydrogens is 236 g/mol. The van der Waals surface area contributed by atoms with E-state index in [1.165, 1.54) is 12.8 Å². The third-order valence-corrected chi connectivity index (χ3v) is 3.33. The summed E-state index contributed by atoms with van der Waals surface area (Å²) in [6, 6.07) is 5.58. The Hall–Kier alpha value is -0.930. The number of hydrogen-bond donors (Lipinski definition) is 1. The number of para-hydroxylation sites is 1. The molecule has 0 unspecified atom stereocenters. The first-order chi connectivity index (χ1) is 8.18. The summed E-state index contributed by atoms with van der Waals surface area (Å²) in [5.74, 6) is 0.811. The lowest BCUT2D eigenvalue weighted by Gasteiger charge is -2.22. The Morgan fingerprint density at radius 3 is 2.88 bits per heavy atom. The first-order valence-corrected chi connectivity index (χ1v) is 6.39. The van der Waals surface area contributed by atoms with Crippen LogP contribution in [0.2, 0.25) is 5.02 Å². The lowest BCUT2D eigenvalue weighted by atomic mass is 10.2. The molecule has 2 N–H and O–H groups in total. The van der Waals surface area contributed by atoms with Gasteiger partial charge in [-0.15, -0.1) is 0 Å². The van der Waals surface area contributed by atoms with Crippen LogP contribution in [0, 0.1) is 5.92 Å². The third-order valence-electron chi connectivity index (χ3n) is 3.02. The van der Waals surface area contributed by atoms with Crippen molar-refractivity contribution in [1.29, 1.82) is 0 Å². The Balaban J connectivity index is 1.82. The minimum atomic E-state index is 0.690. The standard InChI is InChI=1S/C13H19ClN2O/c1-16(7-8-17-9-10-5-6-10)13-11(14)3-2-4-12(13)15/h2-4,10H,5-9,15H2,1H3. The van der Waals surface area contributed by atoms with E-state index in [1.54, 1.807) is 0 Å². The highest BCUT2D eigenvalue weighted by Crippen LogP contribution is 2.31. The van der Waals surface area contributed by atoms with Crippen LogP contribution >= 0.6 is 11.6 Å². The topological polar surface area (TPSA) is 38.5 Å². The lowest BCUT2D eigenvalue weighted by Crippen LogP contribution is -2.24. The minimum Gasteiger partial charge on any atom is -0.397 e. The van der Waals surface area contributed by atoms with Crippen molar-refractivity contribution in [3.05, 3.63) is 23.2 Å². The average molecular weight is 255 g/mol. The number of anilines is 2. The van der Waals surface area contributed by atoms with Crippen LogP contribution in [0.1, 0.15) is 12.8 Å². The number of nitrogens with two attached hydrogens (primary N) is 1. The maximum Gasteiger partial charge on any atom is 0.0787 e. The molecule has 1 fully saturated rings. The molecule has 2 rings (SSSR count). The zero-order valence-corrected chi connectivity index (χ0v) is 10.9. The summed E-state index contributed by atoms with van der Waals surface area (Å²) in [4.78, 5) is 2.05. The first-order valence-electron chi connectivity index (χ1n) is 6.01. The molecule has 17 heavy (non-hydrogen) atoms. The van der Waals surface area contributed by atoms with Crippen molar-refractivity contribution in [3.8, 4) is 0 Å². The fourth-order valence-corrected chi connectivity index (χ4v) is 2.11. The summed E-state index contributed by atoms with van der Waals surface area (Å²) < 4.78 is 5.60. The summed E-state index contributed by atoms with van der Waals surface area (Å²) in [6.45, 7) is 2.42. The van der Waals surface area contributed by atoms with E-state index in [2.05, 4.69) is 0 Å². The van der Waals surface area contributed by atoms with Gasteiger partial charge in [-0.1, -0.05) is 17.7 Å². The van der Waals surface area contributed by atoms with E-state index in [0.717, 1.165) is 31.4 Å². The average Bonchev–Trinajstić information content (AvgIpc) is 3.08. The molecule has 0 atom stereocenters. The molecule has 0 saturated heterocycles. The van der Waals surface area contributed by atoms with Crippen LogP contribution < -0.4 is 10.6 Å². The molecule has 0 bridgehead atoms. The second-order valence-electron chi connectivity index (χ2n) is 4.62. The van der Waals surface area contributed by atoms with Crippen molar-refractivity contribution >= 4 is 23.0 Å². The predicted molar refractivity (Wildman–Crippen MR) is 72.7 cm³/mol. The molecule has 94 valence electrons. The van der Waals surface area contributed by atoms with E-state index in [-0.39, 0.29) is 0 Å². The fraction of sp³-hybridized carbons (Fsp3) is 0.538. The Morgan fingerprint density at radius 2 is 2.24 bits per heavy atom. The van der Waals surface area contributed by atoms with Gasteiger partial charge in [-0.2, -0.15) is 0 Å². The van der Waals surface area contributed by atoms with Crippen LogP contribution in [-0.4, -0.2) is 26.8 Å². The number of nitrogen functional groups attached to an aromatic ring is 1. The molecule has 0 aliphatic heterocycles. The molecule has 0 aromatic heterocycles. The van der Waals surface area contributed by atoms with Crippen molar-refractivity contribution in [3.63, 3.8) is 0 Å². The number of hydrogen-bond acceptors (Lipinski definition) is 3. The molecule has 0 heterocycles. The van der Waals surface area contributed by atoms with Gasteiger partial charge >= 0.3 is 0 Å². The number of rotatable bonds is 6. The van der Waals surface area contributed by atoms with Crippen LogP contribution in [0.25, 0.3) is 0 Å². The Labute approximate surface area is 107 Å². The summed E-state index contributed by atoms with van der Waals surface area (Å²) in [5.41, 5.74) is 7.52. The molecule has 0 spiro atoms. The van der Waals surface area contributed by atoms with Crippen LogP contribution in [0.15, 0.2) is 18.2 Å². The van der Waals surface area contributed by atoms with E-state index >= 15 is 0 Å². The predicted octanol–water partition coefficient (Wildman–Crippen LogP) is 2.79. The highest BCUT2D eigenvalue weighted by atomic mass is 35.5. The van der Waals surface area contributed by atoms with Gasteiger partial charge in [0.15, 0.2) is 0 Å². The number of ether oxygens (including phenoxy) is 1. The minimum absolute atomic E-state index is 0.690. The summed E-state index contributed by atoms with van der Waals surface area (Å²) in [6.07, 6.45) is 2.65. The molecule has 1 aliphatic carbocycles. The molecule has 0 radical (unpaired) electrons. The van der Waals surface area contributed by atoms with Gasteiger partial charge in [0, 0.05) is 20.2 Å². The normalized spacial score (nSPS) is 14.9.